The molecule has 0 radical (unpaired) electrons. The van der Waals surface area contributed by atoms with E-state index in [0.717, 1.165) is 6.07 Å². The number of rotatable bonds is 4. The molecule has 0 spiro atoms. The van der Waals surface area contributed by atoms with Crippen LogP contribution in [0.1, 0.15) is 24.2 Å². The van der Waals surface area contributed by atoms with Gasteiger partial charge < -0.3 is 5.32 Å². The van der Waals surface area contributed by atoms with E-state index < -0.39 is 5.82 Å². The van der Waals surface area contributed by atoms with Crippen LogP contribution in [0.5, 0.6) is 0 Å². The molecule has 94 valence electrons. The Labute approximate surface area is 114 Å². The highest BCUT2D eigenvalue weighted by Gasteiger charge is 2.17. The van der Waals surface area contributed by atoms with E-state index in [9.17, 15) is 9.18 Å². The molecule has 0 aromatic heterocycles. The number of amides is 1. The quantitative estimate of drug-likeness (QED) is 0.843. The first-order valence-corrected chi connectivity index (χ1v) is 6.77. The lowest BCUT2D eigenvalue weighted by molar-refractivity contribution is 0.0932. The van der Waals surface area contributed by atoms with Gasteiger partial charge in [0.15, 0.2) is 0 Å². The van der Waals surface area contributed by atoms with Gasteiger partial charge in [0.2, 0.25) is 0 Å². The lowest BCUT2D eigenvalue weighted by Crippen LogP contribution is -2.39. The summed E-state index contributed by atoms with van der Waals surface area (Å²) in [4.78, 5) is 11.9. The molecule has 1 unspecified atom stereocenters. The van der Waals surface area contributed by atoms with Gasteiger partial charge in [-0.3, -0.25) is 4.79 Å². The number of hydrogen-bond acceptors (Lipinski definition) is 1. The Hall–Kier alpha value is -0.610. The van der Waals surface area contributed by atoms with Crippen molar-refractivity contribution in [3.63, 3.8) is 0 Å². The topological polar surface area (TPSA) is 29.1 Å². The summed E-state index contributed by atoms with van der Waals surface area (Å²) < 4.78 is 12.8. The molecule has 17 heavy (non-hydrogen) atoms. The molecule has 0 aliphatic heterocycles. The molecule has 0 saturated heterocycles. The third-order valence-electron chi connectivity index (χ3n) is 2.46. The normalized spacial score (nSPS) is 12.6. The highest BCUT2D eigenvalue weighted by Crippen LogP contribution is 2.17. The van der Waals surface area contributed by atoms with Crippen molar-refractivity contribution in [2.24, 2.45) is 5.92 Å². The maximum atomic E-state index is 12.8. The standard InChI is InChI=1S/C12H14BrClFNO/c1-7(2)11(6-13)16-12(17)9-4-3-8(15)5-10(9)14/h3-5,7,11H,6H2,1-2H3,(H,16,17). The molecular weight excluding hydrogens is 308 g/mol. The molecule has 1 atom stereocenters. The SMILES string of the molecule is CC(C)C(CBr)NC(=O)c1ccc(F)cc1Cl. The van der Waals surface area contributed by atoms with Crippen molar-refractivity contribution in [3.8, 4) is 0 Å². The fourth-order valence-corrected chi connectivity index (χ4v) is 2.47. The summed E-state index contributed by atoms with van der Waals surface area (Å²) in [7, 11) is 0. The van der Waals surface area contributed by atoms with E-state index in [-0.39, 0.29) is 17.0 Å². The molecule has 1 amide bonds. The van der Waals surface area contributed by atoms with Gasteiger partial charge in [-0.15, -0.1) is 0 Å². The molecular formula is C12H14BrClFNO. The van der Waals surface area contributed by atoms with Crippen LogP contribution in [0.15, 0.2) is 18.2 Å². The van der Waals surface area contributed by atoms with Crippen molar-refractivity contribution >= 4 is 33.4 Å². The number of carbonyl (C=O) groups excluding carboxylic acids is 1. The van der Waals surface area contributed by atoms with Crippen molar-refractivity contribution in [3.05, 3.63) is 34.6 Å². The summed E-state index contributed by atoms with van der Waals surface area (Å²) in [6.07, 6.45) is 0. The van der Waals surface area contributed by atoms with Gasteiger partial charge in [-0.1, -0.05) is 41.4 Å². The van der Waals surface area contributed by atoms with E-state index in [4.69, 9.17) is 11.6 Å². The van der Waals surface area contributed by atoms with Crippen molar-refractivity contribution < 1.29 is 9.18 Å². The summed E-state index contributed by atoms with van der Waals surface area (Å²) in [6.45, 7) is 4.02. The zero-order valence-corrected chi connectivity index (χ0v) is 12.0. The van der Waals surface area contributed by atoms with Gasteiger partial charge in [-0.2, -0.15) is 0 Å². The summed E-state index contributed by atoms with van der Waals surface area (Å²) in [6, 6.07) is 3.76. The second-order valence-corrected chi connectivity index (χ2v) is 5.16. The molecule has 0 bridgehead atoms. The van der Waals surface area contributed by atoms with Gasteiger partial charge in [0.25, 0.3) is 5.91 Å². The van der Waals surface area contributed by atoms with Crippen LogP contribution in [0.4, 0.5) is 4.39 Å². The molecule has 1 rings (SSSR count). The average Bonchev–Trinajstić information content (AvgIpc) is 2.24. The van der Waals surface area contributed by atoms with Gasteiger partial charge in [0.05, 0.1) is 10.6 Å². The van der Waals surface area contributed by atoms with Crippen LogP contribution in [0.2, 0.25) is 5.02 Å². The Kier molecular flexibility index (Phi) is 5.40. The molecule has 0 saturated carbocycles. The van der Waals surface area contributed by atoms with E-state index in [1.807, 2.05) is 13.8 Å². The predicted octanol–water partition coefficient (Wildman–Crippen LogP) is 3.63. The van der Waals surface area contributed by atoms with Gasteiger partial charge in [0, 0.05) is 11.4 Å². The molecule has 0 fully saturated rings. The summed E-state index contributed by atoms with van der Waals surface area (Å²) in [5.41, 5.74) is 0.291. The second-order valence-electron chi connectivity index (χ2n) is 4.10. The monoisotopic (exact) mass is 321 g/mol. The third-order valence-corrected chi connectivity index (χ3v) is 3.47. The Morgan fingerprint density at radius 2 is 2.18 bits per heavy atom. The van der Waals surface area contributed by atoms with Crippen LogP contribution < -0.4 is 5.32 Å². The Morgan fingerprint density at radius 1 is 1.53 bits per heavy atom. The van der Waals surface area contributed by atoms with Gasteiger partial charge in [0.1, 0.15) is 5.82 Å². The highest BCUT2D eigenvalue weighted by atomic mass is 79.9. The van der Waals surface area contributed by atoms with Crippen LogP contribution in [-0.2, 0) is 0 Å². The number of benzene rings is 1. The molecule has 1 aromatic rings. The van der Waals surface area contributed by atoms with Crippen molar-refractivity contribution in [2.75, 3.05) is 5.33 Å². The number of alkyl halides is 1. The molecule has 2 nitrogen and oxygen atoms in total. The zero-order valence-electron chi connectivity index (χ0n) is 9.64. The zero-order chi connectivity index (χ0) is 13.0. The minimum absolute atomic E-state index is 0.0172. The van der Waals surface area contributed by atoms with Gasteiger partial charge >= 0.3 is 0 Å². The van der Waals surface area contributed by atoms with E-state index in [1.165, 1.54) is 12.1 Å². The van der Waals surface area contributed by atoms with Crippen LogP contribution in [0.3, 0.4) is 0 Å². The van der Waals surface area contributed by atoms with E-state index >= 15 is 0 Å². The van der Waals surface area contributed by atoms with Crippen molar-refractivity contribution in [1.29, 1.82) is 0 Å². The Bertz CT molecular complexity index is 411. The molecule has 0 aliphatic carbocycles. The van der Waals surface area contributed by atoms with Crippen LogP contribution in [-0.4, -0.2) is 17.3 Å². The molecule has 0 aliphatic rings. The minimum atomic E-state index is -0.451. The van der Waals surface area contributed by atoms with Crippen LogP contribution in [0.25, 0.3) is 0 Å². The number of halogens is 3. The lowest BCUT2D eigenvalue weighted by atomic mass is 10.1. The largest absolute Gasteiger partial charge is 0.348 e. The second kappa shape index (κ2) is 6.36. The summed E-state index contributed by atoms with van der Waals surface area (Å²) in [5.74, 6) is -0.432. The number of carbonyl (C=O) groups is 1. The van der Waals surface area contributed by atoms with Crippen molar-refractivity contribution in [2.45, 2.75) is 19.9 Å². The average molecular weight is 323 g/mol. The van der Waals surface area contributed by atoms with E-state index in [0.29, 0.717) is 16.8 Å². The van der Waals surface area contributed by atoms with E-state index in [2.05, 4.69) is 21.2 Å². The summed E-state index contributed by atoms with van der Waals surface area (Å²) >= 11 is 9.16. The molecule has 1 N–H and O–H groups in total. The van der Waals surface area contributed by atoms with Gasteiger partial charge in [-0.25, -0.2) is 4.39 Å². The van der Waals surface area contributed by atoms with Gasteiger partial charge in [-0.05, 0) is 24.1 Å². The number of nitrogens with one attached hydrogen (secondary N) is 1. The van der Waals surface area contributed by atoms with Crippen molar-refractivity contribution in [1.82, 2.24) is 5.32 Å². The highest BCUT2D eigenvalue weighted by molar-refractivity contribution is 9.09. The maximum absolute atomic E-state index is 12.8. The fourth-order valence-electron chi connectivity index (χ4n) is 1.30. The summed E-state index contributed by atoms with van der Waals surface area (Å²) in [5, 5.41) is 3.64. The minimum Gasteiger partial charge on any atom is -0.348 e. The maximum Gasteiger partial charge on any atom is 0.253 e. The Balaban J connectivity index is 2.82. The number of hydrogen-bond donors (Lipinski definition) is 1. The predicted molar refractivity (Wildman–Crippen MR) is 71.3 cm³/mol. The first kappa shape index (κ1) is 14.5. The Morgan fingerprint density at radius 3 is 2.65 bits per heavy atom. The van der Waals surface area contributed by atoms with Crippen LogP contribution in [0, 0.1) is 11.7 Å². The molecule has 0 heterocycles. The van der Waals surface area contributed by atoms with E-state index in [1.54, 1.807) is 0 Å². The molecule has 5 heteroatoms. The smallest absolute Gasteiger partial charge is 0.253 e. The molecule has 1 aromatic carbocycles. The van der Waals surface area contributed by atoms with Crippen LogP contribution >= 0.6 is 27.5 Å². The lowest BCUT2D eigenvalue weighted by Gasteiger charge is -2.20. The first-order chi connectivity index (χ1) is 7.95. The third kappa shape index (κ3) is 3.96. The fraction of sp³-hybridized carbons (Fsp3) is 0.417. The first-order valence-electron chi connectivity index (χ1n) is 5.27.